The number of nitrogens with zero attached hydrogens (tertiary/aromatic N) is 4. The Morgan fingerprint density at radius 2 is 1.81 bits per heavy atom. The topological polar surface area (TPSA) is 71.2 Å². The zero-order valence-electron chi connectivity index (χ0n) is 14.5. The second-order valence-corrected chi connectivity index (χ2v) is 6.53. The summed E-state index contributed by atoms with van der Waals surface area (Å²) in [6.45, 7) is 3.00. The molecule has 2 heterocycles. The molecular formula is C20H20N4O2. The zero-order chi connectivity index (χ0) is 18.1. The van der Waals surface area contributed by atoms with Crippen LogP contribution in [0.1, 0.15) is 24.4 Å². The van der Waals surface area contributed by atoms with Gasteiger partial charge in [0.2, 0.25) is 5.91 Å². The Kier molecular flexibility index (Phi) is 4.16. The number of aromatic hydroxyl groups is 1. The number of carbonyl (C=O) groups excluding carboxylic acids is 1. The fourth-order valence-electron chi connectivity index (χ4n) is 3.37. The minimum atomic E-state index is -0.353. The van der Waals surface area contributed by atoms with E-state index in [0.29, 0.717) is 18.9 Å². The second-order valence-electron chi connectivity index (χ2n) is 6.53. The highest BCUT2D eigenvalue weighted by Gasteiger charge is 2.33. The molecule has 3 aromatic rings. The van der Waals surface area contributed by atoms with E-state index in [0.717, 1.165) is 17.8 Å². The monoisotopic (exact) mass is 348 g/mol. The van der Waals surface area contributed by atoms with Crippen molar-refractivity contribution >= 4 is 5.91 Å². The van der Waals surface area contributed by atoms with Gasteiger partial charge in [-0.05, 0) is 43.2 Å². The van der Waals surface area contributed by atoms with E-state index in [-0.39, 0.29) is 17.7 Å². The van der Waals surface area contributed by atoms with Crippen molar-refractivity contribution < 1.29 is 9.90 Å². The van der Waals surface area contributed by atoms with Crippen molar-refractivity contribution in [3.8, 4) is 17.1 Å². The van der Waals surface area contributed by atoms with E-state index in [4.69, 9.17) is 0 Å². The molecule has 4 rings (SSSR count). The van der Waals surface area contributed by atoms with Crippen molar-refractivity contribution in [3.63, 3.8) is 0 Å². The lowest BCUT2D eigenvalue weighted by molar-refractivity contribution is -0.136. The van der Waals surface area contributed by atoms with E-state index < -0.39 is 0 Å². The molecule has 1 atom stereocenters. The maximum Gasteiger partial charge on any atom is 0.245 e. The Morgan fingerprint density at radius 3 is 2.54 bits per heavy atom. The molecule has 6 nitrogen and oxygen atoms in total. The average molecular weight is 348 g/mol. The number of aromatic nitrogens is 3. The molecule has 0 spiro atoms. The number of benzene rings is 2. The van der Waals surface area contributed by atoms with Crippen molar-refractivity contribution in [2.75, 3.05) is 6.54 Å². The summed E-state index contributed by atoms with van der Waals surface area (Å²) in [5.74, 6) is 1.72. The molecule has 132 valence electrons. The van der Waals surface area contributed by atoms with Gasteiger partial charge in [0, 0.05) is 12.1 Å². The third-order valence-electron chi connectivity index (χ3n) is 4.79. The summed E-state index contributed by atoms with van der Waals surface area (Å²) in [5.41, 5.74) is 2.05. The molecule has 0 bridgehead atoms. The highest BCUT2D eigenvalue weighted by Crippen LogP contribution is 2.29. The van der Waals surface area contributed by atoms with Gasteiger partial charge in [-0.3, -0.25) is 9.36 Å². The van der Waals surface area contributed by atoms with Gasteiger partial charge in [0.25, 0.3) is 0 Å². The maximum absolute atomic E-state index is 12.9. The number of hydrogen-bond acceptors (Lipinski definition) is 4. The van der Waals surface area contributed by atoms with Gasteiger partial charge in [0.05, 0.1) is 6.54 Å². The molecule has 0 saturated heterocycles. The summed E-state index contributed by atoms with van der Waals surface area (Å²) in [6, 6.07) is 16.6. The van der Waals surface area contributed by atoms with Gasteiger partial charge >= 0.3 is 0 Å². The van der Waals surface area contributed by atoms with Gasteiger partial charge in [0.15, 0.2) is 11.6 Å². The third kappa shape index (κ3) is 2.94. The van der Waals surface area contributed by atoms with Crippen LogP contribution in [0.5, 0.6) is 5.75 Å². The highest BCUT2D eigenvalue weighted by atomic mass is 16.3. The summed E-state index contributed by atoms with van der Waals surface area (Å²) in [7, 11) is 0. The van der Waals surface area contributed by atoms with E-state index in [1.807, 2.05) is 34.6 Å². The molecule has 26 heavy (non-hydrogen) atoms. The van der Waals surface area contributed by atoms with Crippen molar-refractivity contribution in [2.45, 2.75) is 25.9 Å². The number of rotatable bonds is 4. The molecule has 0 fully saturated rings. The van der Waals surface area contributed by atoms with Crippen LogP contribution in [-0.4, -0.2) is 37.2 Å². The first-order valence-corrected chi connectivity index (χ1v) is 8.69. The molecule has 1 aliphatic heterocycles. The number of amides is 1. The first-order chi connectivity index (χ1) is 12.6. The van der Waals surface area contributed by atoms with Crippen molar-refractivity contribution in [3.05, 3.63) is 66.0 Å². The summed E-state index contributed by atoms with van der Waals surface area (Å²) < 4.78 is 1.90. The van der Waals surface area contributed by atoms with Crippen LogP contribution >= 0.6 is 0 Å². The fraction of sp³-hybridized carbons (Fsp3) is 0.250. The third-order valence-corrected chi connectivity index (χ3v) is 4.79. The number of hydrogen-bond donors (Lipinski definition) is 1. The Hall–Kier alpha value is -3.15. The maximum atomic E-state index is 12.9. The largest absolute Gasteiger partial charge is 0.508 e. The molecule has 0 radical (unpaired) electrons. The molecular weight excluding hydrogens is 328 g/mol. The first-order valence-electron chi connectivity index (χ1n) is 8.69. The average Bonchev–Trinajstić information content (AvgIpc) is 3.09. The number of phenolic OH excluding ortho intramolecular Hbond substituents is 1. The highest BCUT2D eigenvalue weighted by molar-refractivity contribution is 5.82. The lowest BCUT2D eigenvalue weighted by Gasteiger charge is -2.32. The Labute approximate surface area is 151 Å². The van der Waals surface area contributed by atoms with Crippen LogP contribution < -0.4 is 0 Å². The van der Waals surface area contributed by atoms with E-state index in [2.05, 4.69) is 22.3 Å². The SMILES string of the molecule is C[C@@H]1C(=O)N(CCc2ccccc2)Cc2nnc(-c3ccc(O)cc3)n21. The van der Waals surface area contributed by atoms with Crippen LogP contribution in [0.3, 0.4) is 0 Å². The molecule has 1 N–H and O–H groups in total. The van der Waals surface area contributed by atoms with Crippen LogP contribution in [0.4, 0.5) is 0 Å². The lowest BCUT2D eigenvalue weighted by atomic mass is 10.1. The van der Waals surface area contributed by atoms with Crippen LogP contribution in [0.15, 0.2) is 54.6 Å². The Balaban J connectivity index is 1.57. The summed E-state index contributed by atoms with van der Waals surface area (Å²) in [6.07, 6.45) is 0.818. The molecule has 0 saturated carbocycles. The van der Waals surface area contributed by atoms with Gasteiger partial charge in [-0.25, -0.2) is 0 Å². The summed E-state index contributed by atoms with van der Waals surface area (Å²) in [4.78, 5) is 14.7. The Morgan fingerprint density at radius 1 is 1.08 bits per heavy atom. The van der Waals surface area contributed by atoms with Gasteiger partial charge in [-0.1, -0.05) is 30.3 Å². The van der Waals surface area contributed by atoms with Crippen molar-refractivity contribution in [1.29, 1.82) is 0 Å². The molecule has 2 aromatic carbocycles. The van der Waals surface area contributed by atoms with Gasteiger partial charge in [-0.2, -0.15) is 0 Å². The first kappa shape index (κ1) is 16.3. The van der Waals surface area contributed by atoms with Gasteiger partial charge in [-0.15, -0.1) is 10.2 Å². The van der Waals surface area contributed by atoms with E-state index in [9.17, 15) is 9.90 Å². The number of phenols is 1. The smallest absolute Gasteiger partial charge is 0.245 e. The Bertz CT molecular complexity index is 919. The van der Waals surface area contributed by atoms with E-state index in [1.165, 1.54) is 5.56 Å². The summed E-state index contributed by atoms with van der Waals surface area (Å²) >= 11 is 0. The van der Waals surface area contributed by atoms with Crippen LogP contribution in [0, 0.1) is 0 Å². The van der Waals surface area contributed by atoms with Crippen LogP contribution in [-0.2, 0) is 17.8 Å². The van der Waals surface area contributed by atoms with E-state index >= 15 is 0 Å². The molecule has 6 heteroatoms. The molecule has 1 aromatic heterocycles. The van der Waals surface area contributed by atoms with E-state index in [1.54, 1.807) is 24.3 Å². The standard InChI is InChI=1S/C20H20N4O2/c1-14-20(26)23(12-11-15-5-3-2-4-6-15)13-18-21-22-19(24(14)18)16-7-9-17(25)10-8-16/h2-10,14,25H,11-13H2,1H3/t14-/m1/s1. The quantitative estimate of drug-likeness (QED) is 0.787. The predicted molar refractivity (Wildman–Crippen MR) is 97.4 cm³/mol. The van der Waals surface area contributed by atoms with Gasteiger partial charge < -0.3 is 10.0 Å². The summed E-state index contributed by atoms with van der Waals surface area (Å²) in [5, 5.41) is 18.1. The normalized spacial score (nSPS) is 16.6. The number of carbonyl (C=O) groups is 1. The molecule has 1 aliphatic rings. The zero-order valence-corrected chi connectivity index (χ0v) is 14.5. The minimum Gasteiger partial charge on any atom is -0.508 e. The van der Waals surface area contributed by atoms with Crippen LogP contribution in [0.2, 0.25) is 0 Å². The molecule has 0 aliphatic carbocycles. The van der Waals surface area contributed by atoms with Crippen molar-refractivity contribution in [1.82, 2.24) is 19.7 Å². The van der Waals surface area contributed by atoms with Gasteiger partial charge in [0.1, 0.15) is 11.8 Å². The number of fused-ring (bicyclic) bond motifs is 1. The molecule has 1 amide bonds. The van der Waals surface area contributed by atoms with Crippen LogP contribution in [0.25, 0.3) is 11.4 Å². The minimum absolute atomic E-state index is 0.0771. The fourth-order valence-corrected chi connectivity index (χ4v) is 3.37. The lowest BCUT2D eigenvalue weighted by Crippen LogP contribution is -2.42. The molecule has 0 unspecified atom stereocenters. The predicted octanol–water partition coefficient (Wildman–Crippen LogP) is 2.80. The second kappa shape index (κ2) is 6.63. The van der Waals surface area contributed by atoms with Crippen molar-refractivity contribution in [2.24, 2.45) is 0 Å².